The van der Waals surface area contributed by atoms with Gasteiger partial charge in [-0.1, -0.05) is 115 Å². The molecule has 3 aromatic heterocycles. The molecule has 0 saturated carbocycles. The van der Waals surface area contributed by atoms with Crippen LogP contribution in [-0.4, -0.2) is 15.0 Å². The Labute approximate surface area is 297 Å². The Hall–Kier alpha value is -7.11. The van der Waals surface area contributed by atoms with Crippen LogP contribution >= 0.6 is 0 Å². The maximum absolute atomic E-state index is 6.56. The van der Waals surface area contributed by atoms with Crippen molar-refractivity contribution in [3.63, 3.8) is 0 Å². The van der Waals surface area contributed by atoms with Gasteiger partial charge in [-0.05, 0) is 75.8 Å². The summed E-state index contributed by atoms with van der Waals surface area (Å²) in [7, 11) is 0. The number of hydrogen-bond acceptors (Lipinski definition) is 5. The van der Waals surface area contributed by atoms with E-state index in [2.05, 4.69) is 109 Å². The van der Waals surface area contributed by atoms with Crippen molar-refractivity contribution in [3.8, 4) is 45.3 Å². The second-order valence-electron chi connectivity index (χ2n) is 13.2. The molecule has 0 aliphatic rings. The van der Waals surface area contributed by atoms with Crippen LogP contribution in [0.4, 0.5) is 0 Å². The first-order valence-electron chi connectivity index (χ1n) is 17.3. The summed E-state index contributed by atoms with van der Waals surface area (Å²) < 4.78 is 13.0. The topological polar surface area (TPSA) is 65.0 Å². The van der Waals surface area contributed by atoms with Crippen LogP contribution in [0.15, 0.2) is 173 Å². The van der Waals surface area contributed by atoms with Gasteiger partial charge >= 0.3 is 0 Å². The predicted molar refractivity (Wildman–Crippen MR) is 211 cm³/mol. The molecule has 0 bridgehead atoms. The molecule has 0 amide bonds. The van der Waals surface area contributed by atoms with Gasteiger partial charge in [0.15, 0.2) is 17.5 Å². The number of rotatable bonds is 4. The normalized spacial score (nSPS) is 11.8. The minimum Gasteiger partial charge on any atom is -0.456 e. The molecular formula is C47H27N3O2. The minimum atomic E-state index is 0.599. The van der Waals surface area contributed by atoms with E-state index in [1.54, 1.807) is 0 Å². The molecule has 0 radical (unpaired) electrons. The van der Waals surface area contributed by atoms with Crippen molar-refractivity contribution in [2.24, 2.45) is 0 Å². The molecule has 3 heterocycles. The fourth-order valence-electron chi connectivity index (χ4n) is 7.56. The standard InChI is InChI=1S/C47H27N3O2/c1-2-11-30(12-3-1)45-48-46(33-18-17-28-9-4-5-13-31(28)25-33)50-47(49-45)34-21-24-40-39(26-34)43-35(15-8-16-41(43)51-40)32-20-22-37-38-23-19-29-10-6-7-14-36(29)44(38)52-42(37)27-32/h1-27H. The molecule has 242 valence electrons. The van der Waals surface area contributed by atoms with E-state index in [1.807, 2.05) is 54.6 Å². The second kappa shape index (κ2) is 11.2. The van der Waals surface area contributed by atoms with Crippen molar-refractivity contribution in [2.45, 2.75) is 0 Å². The van der Waals surface area contributed by atoms with Crippen LogP contribution < -0.4 is 0 Å². The molecule has 5 nitrogen and oxygen atoms in total. The lowest BCUT2D eigenvalue weighted by Crippen LogP contribution is -2.00. The van der Waals surface area contributed by atoms with Gasteiger partial charge in [0.2, 0.25) is 0 Å². The molecule has 5 heteroatoms. The molecule has 0 N–H and O–H groups in total. The van der Waals surface area contributed by atoms with Crippen LogP contribution in [0.1, 0.15) is 0 Å². The molecule has 11 aromatic rings. The second-order valence-corrected chi connectivity index (χ2v) is 13.2. The molecule has 0 aliphatic carbocycles. The molecule has 0 unspecified atom stereocenters. The molecule has 52 heavy (non-hydrogen) atoms. The molecule has 8 aromatic carbocycles. The fourth-order valence-corrected chi connectivity index (χ4v) is 7.56. The Morgan fingerprint density at radius 3 is 1.87 bits per heavy atom. The quantitative estimate of drug-likeness (QED) is 0.187. The van der Waals surface area contributed by atoms with Crippen LogP contribution in [-0.2, 0) is 0 Å². The number of aromatic nitrogens is 3. The highest BCUT2D eigenvalue weighted by Gasteiger charge is 2.18. The summed E-state index contributed by atoms with van der Waals surface area (Å²) in [6.07, 6.45) is 0. The first-order chi connectivity index (χ1) is 25.7. The molecule has 11 rings (SSSR count). The lowest BCUT2D eigenvalue weighted by atomic mass is 9.97. The van der Waals surface area contributed by atoms with Crippen molar-refractivity contribution in [1.29, 1.82) is 0 Å². The average Bonchev–Trinajstić information content (AvgIpc) is 3.79. The number of hydrogen-bond donors (Lipinski definition) is 0. The van der Waals surface area contributed by atoms with E-state index in [0.29, 0.717) is 17.5 Å². The van der Waals surface area contributed by atoms with Crippen molar-refractivity contribution in [1.82, 2.24) is 15.0 Å². The Kier molecular flexibility index (Phi) is 6.18. The van der Waals surface area contributed by atoms with Crippen LogP contribution in [0, 0.1) is 0 Å². The summed E-state index contributed by atoms with van der Waals surface area (Å²) >= 11 is 0. The van der Waals surface area contributed by atoms with E-state index in [1.165, 1.54) is 5.39 Å². The Balaban J connectivity index is 1.09. The van der Waals surface area contributed by atoms with Gasteiger partial charge in [0.05, 0.1) is 0 Å². The summed E-state index contributed by atoms with van der Waals surface area (Å²) in [4.78, 5) is 15.1. The molecule has 0 aliphatic heterocycles. The van der Waals surface area contributed by atoms with Gasteiger partial charge < -0.3 is 8.83 Å². The maximum Gasteiger partial charge on any atom is 0.164 e. The van der Waals surface area contributed by atoms with E-state index in [-0.39, 0.29) is 0 Å². The minimum absolute atomic E-state index is 0.599. The summed E-state index contributed by atoms with van der Waals surface area (Å²) in [5, 5.41) is 8.83. The number of nitrogens with zero attached hydrogens (tertiary/aromatic N) is 3. The zero-order valence-electron chi connectivity index (χ0n) is 27.7. The Morgan fingerprint density at radius 2 is 1.00 bits per heavy atom. The van der Waals surface area contributed by atoms with Crippen LogP contribution in [0.25, 0.3) is 111 Å². The first kappa shape index (κ1) is 28.7. The van der Waals surface area contributed by atoms with Gasteiger partial charge in [-0.25, -0.2) is 15.0 Å². The van der Waals surface area contributed by atoms with Crippen LogP contribution in [0.5, 0.6) is 0 Å². The highest BCUT2D eigenvalue weighted by molar-refractivity contribution is 6.17. The third kappa shape index (κ3) is 4.53. The third-order valence-electron chi connectivity index (χ3n) is 10.1. The molecule has 0 saturated heterocycles. The largest absolute Gasteiger partial charge is 0.456 e. The smallest absolute Gasteiger partial charge is 0.164 e. The SMILES string of the molecule is c1ccc(-c2nc(-c3ccc4ccccc4c3)nc(-c3ccc4oc5cccc(-c6ccc7c(c6)oc6c8ccccc8ccc76)c5c4c3)n2)cc1. The zero-order chi connectivity index (χ0) is 34.2. The predicted octanol–water partition coefficient (Wildman–Crippen LogP) is 12.6. The summed E-state index contributed by atoms with van der Waals surface area (Å²) in [5.41, 5.74) is 8.26. The first-order valence-corrected chi connectivity index (χ1v) is 17.3. The summed E-state index contributed by atoms with van der Waals surface area (Å²) in [6, 6.07) is 56.3. The van der Waals surface area contributed by atoms with Gasteiger partial charge in [0.1, 0.15) is 22.3 Å². The van der Waals surface area contributed by atoms with Crippen molar-refractivity contribution in [2.75, 3.05) is 0 Å². The van der Waals surface area contributed by atoms with E-state index in [4.69, 9.17) is 23.8 Å². The van der Waals surface area contributed by atoms with E-state index >= 15 is 0 Å². The van der Waals surface area contributed by atoms with Crippen molar-refractivity contribution >= 4 is 65.4 Å². The fraction of sp³-hybridized carbons (Fsp3) is 0. The molecule has 0 atom stereocenters. The van der Waals surface area contributed by atoms with Crippen LogP contribution in [0.3, 0.4) is 0 Å². The average molecular weight is 666 g/mol. The monoisotopic (exact) mass is 665 g/mol. The van der Waals surface area contributed by atoms with Gasteiger partial charge in [0, 0.05) is 43.6 Å². The Morgan fingerprint density at radius 1 is 0.327 bits per heavy atom. The maximum atomic E-state index is 6.56. The van der Waals surface area contributed by atoms with E-state index in [0.717, 1.165) is 87.9 Å². The third-order valence-corrected chi connectivity index (χ3v) is 10.1. The van der Waals surface area contributed by atoms with Gasteiger partial charge in [0.25, 0.3) is 0 Å². The highest BCUT2D eigenvalue weighted by atomic mass is 16.3. The lowest BCUT2D eigenvalue weighted by molar-refractivity contribution is 0.669. The molecule has 0 fully saturated rings. The zero-order valence-corrected chi connectivity index (χ0v) is 27.7. The lowest BCUT2D eigenvalue weighted by Gasteiger charge is -2.09. The molecule has 0 spiro atoms. The van der Waals surface area contributed by atoms with Gasteiger partial charge in [-0.15, -0.1) is 0 Å². The van der Waals surface area contributed by atoms with E-state index in [9.17, 15) is 0 Å². The highest BCUT2D eigenvalue weighted by Crippen LogP contribution is 2.41. The molecular weight excluding hydrogens is 639 g/mol. The number of benzene rings is 8. The van der Waals surface area contributed by atoms with E-state index < -0.39 is 0 Å². The summed E-state index contributed by atoms with van der Waals surface area (Å²) in [5.74, 6) is 1.85. The van der Waals surface area contributed by atoms with Crippen LogP contribution in [0.2, 0.25) is 0 Å². The van der Waals surface area contributed by atoms with Crippen molar-refractivity contribution in [3.05, 3.63) is 164 Å². The Bertz CT molecular complexity index is 3190. The summed E-state index contributed by atoms with van der Waals surface area (Å²) in [6.45, 7) is 0. The number of furan rings is 2. The van der Waals surface area contributed by atoms with Gasteiger partial charge in [-0.3, -0.25) is 0 Å². The van der Waals surface area contributed by atoms with Gasteiger partial charge in [-0.2, -0.15) is 0 Å². The van der Waals surface area contributed by atoms with Crippen molar-refractivity contribution < 1.29 is 8.83 Å². The number of fused-ring (bicyclic) bond motifs is 9.